The summed E-state index contributed by atoms with van der Waals surface area (Å²) >= 11 is 0. The van der Waals surface area contributed by atoms with Crippen LogP contribution in [0.1, 0.15) is 5.56 Å². The van der Waals surface area contributed by atoms with Gasteiger partial charge >= 0.3 is 0 Å². The van der Waals surface area contributed by atoms with Crippen molar-refractivity contribution < 1.29 is 14.5 Å². The molecule has 1 aromatic rings. The van der Waals surface area contributed by atoms with Crippen LogP contribution in [0.2, 0.25) is 0 Å². The number of rotatable bonds is 2. The molecule has 2 aliphatic heterocycles. The van der Waals surface area contributed by atoms with E-state index in [1.54, 1.807) is 5.01 Å². The van der Waals surface area contributed by atoms with Crippen molar-refractivity contribution in [3.8, 4) is 0 Å². The number of hydrogen-bond donors (Lipinski definition) is 1. The average molecular weight is 276 g/mol. The molecule has 1 saturated heterocycles. The molecule has 0 saturated carbocycles. The highest BCUT2D eigenvalue weighted by Gasteiger charge is 2.29. The Morgan fingerprint density at radius 2 is 2.10 bits per heavy atom. The molecule has 1 N–H and O–H groups in total. The number of non-ortho nitro benzene ring substituents is 1. The molecule has 0 bridgehead atoms. The van der Waals surface area contributed by atoms with E-state index in [2.05, 4.69) is 10.4 Å². The number of morpholine rings is 1. The molecule has 0 aliphatic carbocycles. The molecule has 1 fully saturated rings. The van der Waals surface area contributed by atoms with E-state index in [0.717, 1.165) is 0 Å². The molecule has 1 aromatic carbocycles. The average Bonchev–Trinajstić information content (AvgIpc) is 2.75. The molecular formula is C12H12N4O4. The van der Waals surface area contributed by atoms with Gasteiger partial charge in [-0.15, -0.1) is 0 Å². The van der Waals surface area contributed by atoms with Gasteiger partial charge in [0.25, 0.3) is 11.6 Å². The second kappa shape index (κ2) is 4.89. The number of benzene rings is 1. The molecule has 8 heteroatoms. The smallest absolute Gasteiger partial charge is 0.276 e. The molecule has 0 radical (unpaired) electrons. The van der Waals surface area contributed by atoms with Crippen molar-refractivity contribution >= 4 is 23.0 Å². The molecule has 1 amide bonds. The lowest BCUT2D eigenvalue weighted by atomic mass is 10.1. The Bertz CT molecular complexity index is 607. The summed E-state index contributed by atoms with van der Waals surface area (Å²) in [4.78, 5) is 22.2. The van der Waals surface area contributed by atoms with Gasteiger partial charge in [0.15, 0.2) is 5.71 Å². The van der Waals surface area contributed by atoms with Gasteiger partial charge in [0, 0.05) is 17.7 Å². The zero-order chi connectivity index (χ0) is 14.1. The third-order valence-electron chi connectivity index (χ3n) is 3.16. The van der Waals surface area contributed by atoms with Crippen molar-refractivity contribution in [3.05, 3.63) is 33.9 Å². The molecule has 20 heavy (non-hydrogen) atoms. The summed E-state index contributed by atoms with van der Waals surface area (Å²) in [6, 6.07) is 4.25. The number of anilines is 1. The lowest BCUT2D eigenvalue weighted by molar-refractivity contribution is -0.384. The monoisotopic (exact) mass is 276 g/mol. The normalized spacial score (nSPS) is 19.9. The fourth-order valence-corrected chi connectivity index (χ4v) is 2.15. The van der Waals surface area contributed by atoms with E-state index in [1.165, 1.54) is 18.2 Å². The number of fused-ring (bicyclic) bond motifs is 1. The van der Waals surface area contributed by atoms with Gasteiger partial charge in [-0.1, -0.05) is 0 Å². The van der Waals surface area contributed by atoms with Crippen LogP contribution < -0.4 is 5.32 Å². The SMILES string of the molecule is O=C1Nc2ccc([N+](=O)[O-])cc2/C1=N\N1CCOCC1. The summed E-state index contributed by atoms with van der Waals surface area (Å²) in [6.45, 7) is 2.31. The lowest BCUT2D eigenvalue weighted by Gasteiger charge is -2.24. The maximum atomic E-state index is 11.9. The second-order valence-corrected chi connectivity index (χ2v) is 4.46. The predicted octanol–water partition coefficient (Wildman–Crippen LogP) is 0.583. The van der Waals surface area contributed by atoms with Gasteiger partial charge in [0.05, 0.1) is 36.9 Å². The van der Waals surface area contributed by atoms with E-state index < -0.39 is 4.92 Å². The molecular weight excluding hydrogens is 264 g/mol. The molecule has 8 nitrogen and oxygen atoms in total. The summed E-state index contributed by atoms with van der Waals surface area (Å²) in [5.41, 5.74) is 1.17. The topological polar surface area (TPSA) is 97.1 Å². The van der Waals surface area contributed by atoms with Crippen LogP contribution in [0.5, 0.6) is 0 Å². The number of carbonyl (C=O) groups excluding carboxylic acids is 1. The number of nitrogens with zero attached hydrogens (tertiary/aromatic N) is 3. The van der Waals surface area contributed by atoms with Crippen LogP contribution in [0.4, 0.5) is 11.4 Å². The number of nitro groups is 1. The van der Waals surface area contributed by atoms with Crippen molar-refractivity contribution in [2.24, 2.45) is 5.10 Å². The highest BCUT2D eigenvalue weighted by atomic mass is 16.6. The fraction of sp³-hybridized carbons (Fsp3) is 0.333. The van der Waals surface area contributed by atoms with E-state index >= 15 is 0 Å². The zero-order valence-electron chi connectivity index (χ0n) is 10.5. The van der Waals surface area contributed by atoms with Crippen LogP contribution in [-0.2, 0) is 9.53 Å². The largest absolute Gasteiger partial charge is 0.378 e. The first-order chi connectivity index (χ1) is 9.65. The highest BCUT2D eigenvalue weighted by molar-refractivity contribution is 6.53. The summed E-state index contributed by atoms with van der Waals surface area (Å²) in [6.07, 6.45) is 0. The zero-order valence-corrected chi connectivity index (χ0v) is 10.5. The van der Waals surface area contributed by atoms with Crippen molar-refractivity contribution in [2.45, 2.75) is 0 Å². The van der Waals surface area contributed by atoms with Gasteiger partial charge in [-0.3, -0.25) is 19.9 Å². The van der Waals surface area contributed by atoms with E-state index in [1.807, 2.05) is 0 Å². The van der Waals surface area contributed by atoms with Gasteiger partial charge in [0.1, 0.15) is 0 Å². The first-order valence-electron chi connectivity index (χ1n) is 6.16. The van der Waals surface area contributed by atoms with Crippen LogP contribution in [0.25, 0.3) is 0 Å². The van der Waals surface area contributed by atoms with Crippen molar-refractivity contribution in [1.29, 1.82) is 0 Å². The maximum absolute atomic E-state index is 11.9. The van der Waals surface area contributed by atoms with Gasteiger partial charge in [-0.05, 0) is 6.07 Å². The third kappa shape index (κ3) is 2.21. The fourth-order valence-electron chi connectivity index (χ4n) is 2.15. The summed E-state index contributed by atoms with van der Waals surface area (Å²) in [5.74, 6) is -0.341. The Balaban J connectivity index is 1.97. The molecule has 0 atom stereocenters. The van der Waals surface area contributed by atoms with Gasteiger partial charge in [-0.25, -0.2) is 0 Å². The number of ether oxygens (including phenoxy) is 1. The molecule has 104 valence electrons. The number of hydrazone groups is 1. The van der Waals surface area contributed by atoms with Gasteiger partial charge < -0.3 is 10.1 Å². The Kier molecular flexibility index (Phi) is 3.07. The summed E-state index contributed by atoms with van der Waals surface area (Å²) < 4.78 is 5.21. The lowest BCUT2D eigenvalue weighted by Crippen LogP contribution is -2.34. The second-order valence-electron chi connectivity index (χ2n) is 4.46. The van der Waals surface area contributed by atoms with E-state index in [-0.39, 0.29) is 17.3 Å². The molecule has 3 rings (SSSR count). The van der Waals surface area contributed by atoms with Crippen molar-refractivity contribution in [1.82, 2.24) is 5.01 Å². The Morgan fingerprint density at radius 3 is 2.80 bits per heavy atom. The predicted molar refractivity (Wildman–Crippen MR) is 70.7 cm³/mol. The minimum Gasteiger partial charge on any atom is -0.378 e. The first-order valence-corrected chi connectivity index (χ1v) is 6.16. The van der Waals surface area contributed by atoms with E-state index in [9.17, 15) is 14.9 Å². The molecule has 0 unspecified atom stereocenters. The molecule has 0 aromatic heterocycles. The Hall–Kier alpha value is -2.48. The Morgan fingerprint density at radius 1 is 1.35 bits per heavy atom. The summed E-state index contributed by atoms with van der Waals surface area (Å²) in [7, 11) is 0. The minimum atomic E-state index is -0.491. The standard InChI is InChI=1S/C12H12N4O4/c17-12-11(14-15-3-5-20-6-4-15)9-7-8(16(18)19)1-2-10(9)13-12/h1-2,7H,3-6H2,(H,13,14,17). The van der Waals surface area contributed by atoms with Crippen LogP contribution in [0.3, 0.4) is 0 Å². The maximum Gasteiger partial charge on any atom is 0.276 e. The van der Waals surface area contributed by atoms with Crippen LogP contribution in [0.15, 0.2) is 23.3 Å². The van der Waals surface area contributed by atoms with Gasteiger partial charge in [-0.2, -0.15) is 5.10 Å². The number of nitrogens with one attached hydrogen (secondary N) is 1. The van der Waals surface area contributed by atoms with E-state index in [4.69, 9.17) is 4.74 Å². The van der Waals surface area contributed by atoms with Crippen LogP contribution in [0, 0.1) is 10.1 Å². The van der Waals surface area contributed by atoms with E-state index in [0.29, 0.717) is 37.6 Å². The quantitative estimate of drug-likeness (QED) is 0.629. The van der Waals surface area contributed by atoms with Crippen molar-refractivity contribution in [3.63, 3.8) is 0 Å². The van der Waals surface area contributed by atoms with Gasteiger partial charge in [0.2, 0.25) is 0 Å². The summed E-state index contributed by atoms with van der Waals surface area (Å²) in [5, 5.41) is 19.5. The number of hydrogen-bond acceptors (Lipinski definition) is 6. The third-order valence-corrected chi connectivity index (χ3v) is 3.16. The number of nitro benzene ring substituents is 1. The highest BCUT2D eigenvalue weighted by Crippen LogP contribution is 2.28. The van der Waals surface area contributed by atoms with Crippen LogP contribution >= 0.6 is 0 Å². The van der Waals surface area contributed by atoms with Crippen molar-refractivity contribution in [2.75, 3.05) is 31.6 Å². The van der Waals surface area contributed by atoms with Crippen LogP contribution in [-0.4, -0.2) is 47.9 Å². The minimum absolute atomic E-state index is 0.0603. The molecule has 0 spiro atoms. The Labute approximate surface area is 114 Å². The first kappa shape index (κ1) is 12.5. The molecule has 2 aliphatic rings. The number of amides is 1. The number of carbonyl (C=O) groups is 1. The molecule has 2 heterocycles.